The summed E-state index contributed by atoms with van der Waals surface area (Å²) in [6.45, 7) is 0. The van der Waals surface area contributed by atoms with E-state index in [1.807, 2.05) is 0 Å². The second-order valence-electron chi connectivity index (χ2n) is 2.41. The Kier molecular flexibility index (Phi) is 1.82. The Balaban J connectivity index is 2.86. The Morgan fingerprint density at radius 3 is 2.79 bits per heavy atom. The lowest BCUT2D eigenvalue weighted by Gasteiger charge is -1.93. The molecular weight excluding hydrogens is 232 g/mol. The van der Waals surface area contributed by atoms with Crippen LogP contribution in [-0.4, -0.2) is 28.2 Å². The van der Waals surface area contributed by atoms with Crippen molar-refractivity contribution < 1.29 is 8.42 Å². The van der Waals surface area contributed by atoms with Crippen LogP contribution >= 0.6 is 10.7 Å². The highest BCUT2D eigenvalue weighted by atomic mass is 35.7. The highest BCUT2D eigenvalue weighted by molar-refractivity contribution is 8.13. The number of hydrogen-bond acceptors (Lipinski definition) is 5. The van der Waals surface area contributed by atoms with E-state index in [0.29, 0.717) is 0 Å². The Morgan fingerprint density at radius 1 is 1.43 bits per heavy atom. The van der Waals surface area contributed by atoms with Gasteiger partial charge in [0.1, 0.15) is 0 Å². The molecule has 14 heavy (non-hydrogen) atoms. The molecule has 0 aliphatic rings. The quantitative estimate of drug-likeness (QED) is 0.661. The first kappa shape index (κ1) is 9.16. The van der Waals surface area contributed by atoms with Crippen molar-refractivity contribution in [3.8, 4) is 0 Å². The third-order valence-corrected chi connectivity index (χ3v) is 2.69. The molecule has 0 atom stereocenters. The average Bonchev–Trinajstić information content (AvgIpc) is 2.46. The lowest BCUT2D eigenvalue weighted by Crippen LogP contribution is -2.14. The first-order valence-corrected chi connectivity index (χ1v) is 5.68. The SMILES string of the molecule is O=c1[nH]nc2ccc(S(=O)(=O)Cl)nn12. The molecule has 2 aromatic heterocycles. The van der Waals surface area contributed by atoms with Crippen LogP contribution in [0.5, 0.6) is 0 Å². The third-order valence-electron chi connectivity index (χ3n) is 1.50. The van der Waals surface area contributed by atoms with Crippen molar-refractivity contribution in [2.24, 2.45) is 0 Å². The standard InChI is InChI=1S/C5H3ClN4O3S/c6-14(12,13)4-2-1-3-7-8-5(11)10(3)9-4/h1-2H,(H,8,11). The van der Waals surface area contributed by atoms with Crippen LogP contribution in [0.15, 0.2) is 22.0 Å². The summed E-state index contributed by atoms with van der Waals surface area (Å²) < 4.78 is 22.5. The fourth-order valence-electron chi connectivity index (χ4n) is 0.916. The Morgan fingerprint density at radius 2 is 2.14 bits per heavy atom. The molecule has 0 fully saturated rings. The summed E-state index contributed by atoms with van der Waals surface area (Å²) in [5.41, 5.74) is -0.402. The smallest absolute Gasteiger partial charge is 0.244 e. The molecule has 0 bridgehead atoms. The number of fused-ring (bicyclic) bond motifs is 1. The van der Waals surface area contributed by atoms with Gasteiger partial charge in [-0.1, -0.05) is 0 Å². The summed E-state index contributed by atoms with van der Waals surface area (Å²) in [5.74, 6) is 0. The fraction of sp³-hybridized carbons (Fsp3) is 0. The van der Waals surface area contributed by atoms with Gasteiger partial charge in [-0.3, -0.25) is 0 Å². The van der Waals surface area contributed by atoms with E-state index in [1.54, 1.807) is 0 Å². The maximum Gasteiger partial charge on any atom is 0.364 e. The van der Waals surface area contributed by atoms with Gasteiger partial charge >= 0.3 is 5.69 Å². The molecule has 0 radical (unpaired) electrons. The van der Waals surface area contributed by atoms with Gasteiger partial charge in [0.05, 0.1) is 0 Å². The molecule has 7 nitrogen and oxygen atoms in total. The van der Waals surface area contributed by atoms with Gasteiger partial charge in [-0.2, -0.15) is 9.61 Å². The monoisotopic (exact) mass is 234 g/mol. The van der Waals surface area contributed by atoms with E-state index in [2.05, 4.69) is 15.3 Å². The van der Waals surface area contributed by atoms with Gasteiger partial charge in [-0.05, 0) is 12.1 Å². The molecule has 9 heteroatoms. The number of nitrogens with zero attached hydrogens (tertiary/aromatic N) is 3. The van der Waals surface area contributed by atoms with Gasteiger partial charge in [0.15, 0.2) is 10.7 Å². The maximum atomic E-state index is 11.0. The van der Waals surface area contributed by atoms with E-state index in [-0.39, 0.29) is 5.65 Å². The Bertz CT molecular complexity index is 642. The number of halogens is 1. The van der Waals surface area contributed by atoms with Crippen LogP contribution in [0.25, 0.3) is 5.65 Å². The van der Waals surface area contributed by atoms with E-state index in [0.717, 1.165) is 10.6 Å². The van der Waals surface area contributed by atoms with Crippen LogP contribution in [0, 0.1) is 0 Å². The largest absolute Gasteiger partial charge is 0.364 e. The molecule has 0 saturated heterocycles. The first-order chi connectivity index (χ1) is 6.48. The van der Waals surface area contributed by atoms with Crippen molar-refractivity contribution in [2.45, 2.75) is 5.03 Å². The number of nitrogens with one attached hydrogen (secondary N) is 1. The molecule has 0 aliphatic carbocycles. The molecule has 0 aliphatic heterocycles. The lowest BCUT2D eigenvalue weighted by molar-refractivity contribution is 0.602. The van der Waals surface area contributed by atoms with Gasteiger partial charge in [0, 0.05) is 10.7 Å². The topological polar surface area (TPSA) is 97.2 Å². The Hall–Kier alpha value is -1.41. The highest BCUT2D eigenvalue weighted by Gasteiger charge is 2.13. The van der Waals surface area contributed by atoms with Crippen molar-refractivity contribution in [1.82, 2.24) is 19.8 Å². The zero-order chi connectivity index (χ0) is 10.3. The van der Waals surface area contributed by atoms with Crippen molar-refractivity contribution >= 4 is 25.4 Å². The van der Waals surface area contributed by atoms with E-state index in [9.17, 15) is 13.2 Å². The summed E-state index contributed by atoms with van der Waals surface area (Å²) >= 11 is 0. The molecule has 0 spiro atoms. The van der Waals surface area contributed by atoms with Crippen molar-refractivity contribution in [3.05, 3.63) is 22.6 Å². The van der Waals surface area contributed by atoms with Gasteiger partial charge in [0.2, 0.25) is 0 Å². The van der Waals surface area contributed by atoms with E-state index >= 15 is 0 Å². The number of H-pyrrole nitrogens is 1. The molecule has 2 rings (SSSR count). The zero-order valence-corrected chi connectivity index (χ0v) is 8.08. The van der Waals surface area contributed by atoms with Crippen LogP contribution in [0.1, 0.15) is 0 Å². The van der Waals surface area contributed by atoms with Crippen LogP contribution in [0.2, 0.25) is 0 Å². The predicted molar refractivity (Wildman–Crippen MR) is 46.6 cm³/mol. The highest BCUT2D eigenvalue weighted by Crippen LogP contribution is 2.10. The van der Waals surface area contributed by atoms with Crippen LogP contribution in [-0.2, 0) is 9.05 Å². The van der Waals surface area contributed by atoms with Crippen molar-refractivity contribution in [3.63, 3.8) is 0 Å². The minimum atomic E-state index is -3.93. The first-order valence-electron chi connectivity index (χ1n) is 3.37. The Labute approximate surface area is 81.7 Å². The van der Waals surface area contributed by atoms with Gasteiger partial charge in [-0.25, -0.2) is 18.3 Å². The molecule has 0 saturated carbocycles. The normalized spacial score (nSPS) is 12.1. The second-order valence-corrected chi connectivity index (χ2v) is 4.92. The molecular formula is C5H3ClN4O3S. The van der Waals surface area contributed by atoms with Gasteiger partial charge in [-0.15, -0.1) is 5.10 Å². The van der Waals surface area contributed by atoms with Crippen molar-refractivity contribution in [1.29, 1.82) is 0 Å². The summed E-state index contributed by atoms with van der Waals surface area (Å²) in [6.07, 6.45) is 0. The van der Waals surface area contributed by atoms with Gasteiger partial charge in [0.25, 0.3) is 9.05 Å². The summed E-state index contributed by atoms with van der Waals surface area (Å²) in [4.78, 5) is 11.0. The second kappa shape index (κ2) is 2.79. The molecule has 0 unspecified atom stereocenters. The minimum Gasteiger partial charge on any atom is -0.244 e. The summed E-state index contributed by atoms with van der Waals surface area (Å²) in [5, 5.41) is 8.78. The van der Waals surface area contributed by atoms with Crippen LogP contribution in [0.4, 0.5) is 0 Å². The maximum absolute atomic E-state index is 11.0. The number of aromatic amines is 1. The molecule has 2 heterocycles. The van der Waals surface area contributed by atoms with E-state index in [1.165, 1.54) is 6.07 Å². The molecule has 2 aromatic rings. The minimum absolute atomic E-state index is 0.221. The summed E-state index contributed by atoms with van der Waals surface area (Å²) in [6, 6.07) is 2.48. The fourth-order valence-corrected chi connectivity index (χ4v) is 1.57. The van der Waals surface area contributed by atoms with E-state index in [4.69, 9.17) is 10.7 Å². The predicted octanol–water partition coefficient (Wildman–Crippen LogP) is -0.655. The zero-order valence-electron chi connectivity index (χ0n) is 6.51. The molecule has 1 N–H and O–H groups in total. The van der Waals surface area contributed by atoms with Crippen molar-refractivity contribution in [2.75, 3.05) is 0 Å². The number of aromatic nitrogens is 4. The molecule has 74 valence electrons. The number of rotatable bonds is 1. The van der Waals surface area contributed by atoms with Crippen LogP contribution in [0.3, 0.4) is 0 Å². The van der Waals surface area contributed by atoms with Gasteiger partial charge < -0.3 is 0 Å². The van der Waals surface area contributed by atoms with Crippen LogP contribution < -0.4 is 5.69 Å². The molecule has 0 aromatic carbocycles. The number of hydrogen-bond donors (Lipinski definition) is 1. The molecule has 0 amide bonds. The van der Waals surface area contributed by atoms with E-state index < -0.39 is 19.8 Å². The lowest BCUT2D eigenvalue weighted by atomic mass is 10.6. The summed E-state index contributed by atoms with van der Waals surface area (Å²) in [7, 11) is 1.11. The third kappa shape index (κ3) is 1.38. The average molecular weight is 235 g/mol.